The molecule has 2 heterocycles. The van der Waals surface area contributed by atoms with Crippen molar-refractivity contribution in [2.75, 3.05) is 13.1 Å². The van der Waals surface area contributed by atoms with Crippen molar-refractivity contribution in [3.05, 3.63) is 33.7 Å². The summed E-state index contributed by atoms with van der Waals surface area (Å²) in [7, 11) is 1.73. The Morgan fingerprint density at radius 1 is 1.42 bits per heavy atom. The number of nitrogens with zero attached hydrogens (tertiary/aromatic N) is 3. The summed E-state index contributed by atoms with van der Waals surface area (Å²) in [6.45, 7) is 4.09. The fourth-order valence-corrected chi connectivity index (χ4v) is 2.57. The Bertz CT molecular complexity index is 590. The molecule has 2 rings (SSSR count). The standard InChI is InChI=1S/C13H18N4OS/c1-3-14-7-4-5-11-15-16-13(19-11)10-6-8-17(2)12(18)9-10/h6,8-9,14H,3-5,7H2,1-2H3. The van der Waals surface area contributed by atoms with Gasteiger partial charge in [0, 0.05) is 31.3 Å². The molecule has 2 aromatic heterocycles. The zero-order chi connectivity index (χ0) is 13.7. The predicted octanol–water partition coefficient (Wildman–Crippen LogP) is 1.45. The highest BCUT2D eigenvalue weighted by atomic mass is 32.1. The first-order chi connectivity index (χ1) is 9.20. The highest BCUT2D eigenvalue weighted by Gasteiger charge is 2.07. The minimum atomic E-state index is -0.0265. The molecule has 0 spiro atoms. The van der Waals surface area contributed by atoms with E-state index >= 15 is 0 Å². The second-order valence-electron chi connectivity index (χ2n) is 4.32. The number of nitrogens with one attached hydrogen (secondary N) is 1. The third-order valence-corrected chi connectivity index (χ3v) is 3.84. The molecular weight excluding hydrogens is 260 g/mol. The third-order valence-electron chi connectivity index (χ3n) is 2.81. The van der Waals surface area contributed by atoms with Gasteiger partial charge in [-0.2, -0.15) is 0 Å². The lowest BCUT2D eigenvalue weighted by Crippen LogP contribution is -2.14. The van der Waals surface area contributed by atoms with E-state index < -0.39 is 0 Å². The van der Waals surface area contributed by atoms with Crippen LogP contribution in [0.5, 0.6) is 0 Å². The van der Waals surface area contributed by atoms with Gasteiger partial charge in [-0.25, -0.2) is 0 Å². The number of hydrogen-bond acceptors (Lipinski definition) is 5. The Kier molecular flexibility index (Phi) is 4.81. The molecule has 0 amide bonds. The zero-order valence-electron chi connectivity index (χ0n) is 11.2. The van der Waals surface area contributed by atoms with Crippen LogP contribution in [0.15, 0.2) is 23.1 Å². The summed E-state index contributed by atoms with van der Waals surface area (Å²) in [6.07, 6.45) is 3.73. The average Bonchev–Trinajstić information content (AvgIpc) is 2.87. The van der Waals surface area contributed by atoms with Gasteiger partial charge in [-0.1, -0.05) is 18.3 Å². The molecule has 102 valence electrons. The largest absolute Gasteiger partial charge is 0.319 e. The SMILES string of the molecule is CCNCCCc1nnc(-c2ccn(C)c(=O)c2)s1. The van der Waals surface area contributed by atoms with Gasteiger partial charge < -0.3 is 9.88 Å². The third kappa shape index (κ3) is 3.71. The smallest absolute Gasteiger partial charge is 0.250 e. The van der Waals surface area contributed by atoms with E-state index in [9.17, 15) is 4.79 Å². The second-order valence-corrected chi connectivity index (χ2v) is 5.38. The maximum absolute atomic E-state index is 11.6. The zero-order valence-corrected chi connectivity index (χ0v) is 12.0. The lowest BCUT2D eigenvalue weighted by atomic mass is 10.3. The van der Waals surface area contributed by atoms with Gasteiger partial charge in [0.1, 0.15) is 10.0 Å². The Morgan fingerprint density at radius 3 is 3.00 bits per heavy atom. The van der Waals surface area contributed by atoms with Gasteiger partial charge in [-0.3, -0.25) is 4.79 Å². The molecule has 0 radical (unpaired) electrons. The molecule has 0 saturated heterocycles. The molecular formula is C13H18N4OS. The molecule has 0 aromatic carbocycles. The molecule has 0 unspecified atom stereocenters. The molecule has 5 nitrogen and oxygen atoms in total. The maximum Gasteiger partial charge on any atom is 0.250 e. The van der Waals surface area contributed by atoms with E-state index in [1.807, 2.05) is 6.07 Å². The van der Waals surface area contributed by atoms with Gasteiger partial charge in [0.2, 0.25) is 0 Å². The van der Waals surface area contributed by atoms with Gasteiger partial charge in [0.15, 0.2) is 0 Å². The van der Waals surface area contributed by atoms with Crippen LogP contribution in [-0.4, -0.2) is 27.9 Å². The van der Waals surface area contributed by atoms with Crippen LogP contribution < -0.4 is 10.9 Å². The van der Waals surface area contributed by atoms with Crippen molar-refractivity contribution in [3.8, 4) is 10.6 Å². The number of aromatic nitrogens is 3. The molecule has 0 atom stereocenters. The van der Waals surface area contributed by atoms with E-state index in [0.717, 1.165) is 41.5 Å². The van der Waals surface area contributed by atoms with E-state index in [4.69, 9.17) is 0 Å². The summed E-state index contributed by atoms with van der Waals surface area (Å²) < 4.78 is 1.54. The van der Waals surface area contributed by atoms with Crippen LogP contribution in [0, 0.1) is 0 Å². The Morgan fingerprint density at radius 2 is 2.26 bits per heavy atom. The second kappa shape index (κ2) is 6.58. The quantitative estimate of drug-likeness (QED) is 0.812. The van der Waals surface area contributed by atoms with Crippen molar-refractivity contribution in [1.82, 2.24) is 20.1 Å². The van der Waals surface area contributed by atoms with Crippen molar-refractivity contribution in [2.24, 2.45) is 7.05 Å². The average molecular weight is 278 g/mol. The molecule has 0 bridgehead atoms. The first-order valence-electron chi connectivity index (χ1n) is 6.41. The van der Waals surface area contributed by atoms with Gasteiger partial charge in [0.05, 0.1) is 0 Å². The lowest BCUT2D eigenvalue weighted by molar-refractivity contribution is 0.669. The van der Waals surface area contributed by atoms with Crippen LogP contribution in [0.3, 0.4) is 0 Å². The van der Waals surface area contributed by atoms with E-state index in [-0.39, 0.29) is 5.56 Å². The van der Waals surface area contributed by atoms with Crippen molar-refractivity contribution in [2.45, 2.75) is 19.8 Å². The molecule has 0 fully saturated rings. The van der Waals surface area contributed by atoms with E-state index in [1.165, 1.54) is 0 Å². The van der Waals surface area contributed by atoms with Crippen LogP contribution in [0.25, 0.3) is 10.6 Å². The highest BCUT2D eigenvalue weighted by molar-refractivity contribution is 7.14. The molecule has 0 saturated carbocycles. The number of aryl methyl sites for hydroxylation is 2. The van der Waals surface area contributed by atoms with E-state index in [1.54, 1.807) is 35.2 Å². The van der Waals surface area contributed by atoms with Crippen molar-refractivity contribution < 1.29 is 0 Å². The Balaban J connectivity index is 2.03. The van der Waals surface area contributed by atoms with Crippen LogP contribution in [0.4, 0.5) is 0 Å². The summed E-state index contributed by atoms with van der Waals surface area (Å²) >= 11 is 1.56. The summed E-state index contributed by atoms with van der Waals surface area (Å²) in [5.41, 5.74) is 0.819. The molecule has 0 aliphatic rings. The van der Waals surface area contributed by atoms with Crippen molar-refractivity contribution in [3.63, 3.8) is 0 Å². The monoisotopic (exact) mass is 278 g/mol. The molecule has 6 heteroatoms. The highest BCUT2D eigenvalue weighted by Crippen LogP contribution is 2.22. The topological polar surface area (TPSA) is 59.8 Å². The maximum atomic E-state index is 11.6. The molecule has 19 heavy (non-hydrogen) atoms. The number of hydrogen-bond donors (Lipinski definition) is 1. The Labute approximate surface area is 116 Å². The fourth-order valence-electron chi connectivity index (χ4n) is 1.69. The summed E-state index contributed by atoms with van der Waals surface area (Å²) in [5, 5.41) is 13.5. The molecule has 0 aliphatic heterocycles. The predicted molar refractivity (Wildman–Crippen MR) is 77.5 cm³/mol. The first-order valence-corrected chi connectivity index (χ1v) is 7.22. The summed E-state index contributed by atoms with van der Waals surface area (Å²) in [6, 6.07) is 3.49. The number of pyridine rings is 1. The molecule has 2 aromatic rings. The minimum absolute atomic E-state index is 0.0265. The van der Waals surface area contributed by atoms with Crippen LogP contribution in [0.1, 0.15) is 18.4 Å². The van der Waals surface area contributed by atoms with Gasteiger partial charge in [-0.05, 0) is 25.6 Å². The first kappa shape index (κ1) is 13.9. The van der Waals surface area contributed by atoms with Crippen LogP contribution in [-0.2, 0) is 13.5 Å². The fraction of sp³-hybridized carbons (Fsp3) is 0.462. The normalized spacial score (nSPS) is 10.8. The van der Waals surface area contributed by atoms with Gasteiger partial charge >= 0.3 is 0 Å². The summed E-state index contributed by atoms with van der Waals surface area (Å²) in [4.78, 5) is 11.6. The van der Waals surface area contributed by atoms with Gasteiger partial charge in [-0.15, -0.1) is 10.2 Å². The van der Waals surface area contributed by atoms with E-state index in [2.05, 4.69) is 22.4 Å². The molecule has 1 N–H and O–H groups in total. The number of rotatable bonds is 6. The van der Waals surface area contributed by atoms with Crippen LogP contribution in [0.2, 0.25) is 0 Å². The summed E-state index contributed by atoms with van der Waals surface area (Å²) in [5.74, 6) is 0. The van der Waals surface area contributed by atoms with Crippen molar-refractivity contribution in [1.29, 1.82) is 0 Å². The van der Waals surface area contributed by atoms with Gasteiger partial charge in [0.25, 0.3) is 5.56 Å². The molecule has 0 aliphatic carbocycles. The minimum Gasteiger partial charge on any atom is -0.319 e. The van der Waals surface area contributed by atoms with E-state index in [0.29, 0.717) is 0 Å². The Hall–Kier alpha value is -1.53. The lowest BCUT2D eigenvalue weighted by Gasteiger charge is -1.98. The van der Waals surface area contributed by atoms with Crippen molar-refractivity contribution >= 4 is 11.3 Å². The van der Waals surface area contributed by atoms with Crippen LogP contribution >= 0.6 is 11.3 Å².